The lowest BCUT2D eigenvalue weighted by Crippen LogP contribution is -1.93. The fourth-order valence-electron chi connectivity index (χ4n) is 2.09. The summed E-state index contributed by atoms with van der Waals surface area (Å²) in [6.45, 7) is 0. The molecule has 0 spiro atoms. The van der Waals surface area contributed by atoms with Gasteiger partial charge < -0.3 is 0 Å². The molecule has 4 aromatic heterocycles. The van der Waals surface area contributed by atoms with Gasteiger partial charge in [0.2, 0.25) is 0 Å². The third kappa shape index (κ3) is 1.78. The molecule has 5 nitrogen and oxygen atoms in total. The Kier molecular flexibility index (Phi) is 2.53. The Labute approximate surface area is 118 Å². The zero-order valence-corrected chi connectivity index (χ0v) is 11.2. The van der Waals surface area contributed by atoms with E-state index in [9.17, 15) is 0 Å². The third-order valence-electron chi connectivity index (χ3n) is 3.07. The highest BCUT2D eigenvalue weighted by atomic mass is 32.1. The lowest BCUT2D eigenvalue weighted by Gasteiger charge is -2.01. The Bertz CT molecular complexity index is 852. The molecule has 0 radical (unpaired) electrons. The van der Waals surface area contributed by atoms with Gasteiger partial charge in [0.05, 0.1) is 11.9 Å². The van der Waals surface area contributed by atoms with Crippen LogP contribution in [0.3, 0.4) is 0 Å². The molecule has 0 atom stereocenters. The van der Waals surface area contributed by atoms with Crippen molar-refractivity contribution in [2.24, 2.45) is 0 Å². The van der Waals surface area contributed by atoms with Gasteiger partial charge in [-0.3, -0.25) is 0 Å². The smallest absolute Gasteiger partial charge is 0.162 e. The molecule has 0 fully saturated rings. The maximum absolute atomic E-state index is 4.52. The molecular weight excluding hydrogens is 270 g/mol. The average molecular weight is 279 g/mol. The fraction of sp³-hybridized carbons (Fsp3) is 0. The first-order valence-corrected chi connectivity index (χ1v) is 6.98. The normalized spacial score (nSPS) is 11.0. The summed E-state index contributed by atoms with van der Waals surface area (Å²) in [7, 11) is 0. The predicted octanol–water partition coefficient (Wildman–Crippen LogP) is 2.91. The van der Waals surface area contributed by atoms with Crippen LogP contribution < -0.4 is 0 Å². The second-order valence-corrected chi connectivity index (χ2v) is 5.06. The van der Waals surface area contributed by atoms with Crippen LogP contribution >= 0.6 is 11.3 Å². The van der Waals surface area contributed by atoms with E-state index in [1.807, 2.05) is 30.0 Å². The Balaban J connectivity index is 1.87. The lowest BCUT2D eigenvalue weighted by molar-refractivity contribution is 0.939. The highest BCUT2D eigenvalue weighted by molar-refractivity contribution is 7.08. The number of hydrogen-bond acceptors (Lipinski definition) is 5. The minimum absolute atomic E-state index is 0.835. The van der Waals surface area contributed by atoms with E-state index in [1.54, 1.807) is 22.0 Å². The molecule has 0 unspecified atom stereocenters. The molecule has 4 aromatic rings. The average Bonchev–Trinajstić information content (AvgIpc) is 3.16. The second kappa shape index (κ2) is 4.50. The van der Waals surface area contributed by atoms with E-state index in [0.717, 1.165) is 28.0 Å². The first kappa shape index (κ1) is 11.2. The number of hydrogen-bond donors (Lipinski definition) is 0. The summed E-state index contributed by atoms with van der Waals surface area (Å²) in [6, 6.07) is 3.92. The Morgan fingerprint density at radius 1 is 1.05 bits per heavy atom. The number of aromatic nitrogens is 5. The van der Waals surface area contributed by atoms with Gasteiger partial charge in [0, 0.05) is 29.7 Å². The summed E-state index contributed by atoms with van der Waals surface area (Å²) in [4.78, 5) is 12.7. The molecule has 6 heteroatoms. The van der Waals surface area contributed by atoms with Crippen LogP contribution in [-0.2, 0) is 0 Å². The van der Waals surface area contributed by atoms with Gasteiger partial charge in [0.1, 0.15) is 6.33 Å². The van der Waals surface area contributed by atoms with Crippen molar-refractivity contribution in [2.45, 2.75) is 0 Å². The van der Waals surface area contributed by atoms with Crippen molar-refractivity contribution in [3.05, 3.63) is 54.0 Å². The van der Waals surface area contributed by atoms with E-state index < -0.39 is 0 Å². The van der Waals surface area contributed by atoms with Gasteiger partial charge in [0.15, 0.2) is 5.65 Å². The molecule has 0 aliphatic heterocycles. The summed E-state index contributed by atoms with van der Waals surface area (Å²) in [6.07, 6.45) is 8.83. The SMILES string of the molecule is c1cc(-c2cnc3c(-c4ccsc4)cnn3c2)ncn1. The van der Waals surface area contributed by atoms with E-state index in [0.29, 0.717) is 0 Å². The molecule has 0 saturated heterocycles. The van der Waals surface area contributed by atoms with E-state index in [1.165, 1.54) is 6.33 Å². The van der Waals surface area contributed by atoms with Gasteiger partial charge in [-0.05, 0) is 28.5 Å². The molecule has 20 heavy (non-hydrogen) atoms. The maximum atomic E-state index is 4.52. The van der Waals surface area contributed by atoms with Crippen molar-refractivity contribution >= 4 is 17.0 Å². The van der Waals surface area contributed by atoms with E-state index in [2.05, 4.69) is 31.5 Å². The summed E-state index contributed by atoms with van der Waals surface area (Å²) >= 11 is 1.66. The van der Waals surface area contributed by atoms with Crippen molar-refractivity contribution in [3.63, 3.8) is 0 Å². The number of fused-ring (bicyclic) bond motifs is 1. The maximum Gasteiger partial charge on any atom is 0.162 e. The molecule has 4 heterocycles. The molecule has 0 amide bonds. The van der Waals surface area contributed by atoms with Gasteiger partial charge in [-0.1, -0.05) is 0 Å². The van der Waals surface area contributed by atoms with Crippen LogP contribution in [0.2, 0.25) is 0 Å². The topological polar surface area (TPSA) is 56.0 Å². The Hall–Kier alpha value is -2.60. The predicted molar refractivity (Wildman–Crippen MR) is 77.3 cm³/mol. The summed E-state index contributed by atoms with van der Waals surface area (Å²) in [5, 5.41) is 8.52. The molecule has 0 aromatic carbocycles. The monoisotopic (exact) mass is 279 g/mol. The summed E-state index contributed by atoms with van der Waals surface area (Å²) < 4.78 is 1.78. The number of rotatable bonds is 2. The van der Waals surface area contributed by atoms with E-state index in [4.69, 9.17) is 0 Å². The van der Waals surface area contributed by atoms with E-state index in [-0.39, 0.29) is 0 Å². The summed E-state index contributed by atoms with van der Waals surface area (Å²) in [5.74, 6) is 0. The second-order valence-electron chi connectivity index (χ2n) is 4.28. The van der Waals surface area contributed by atoms with Crippen molar-refractivity contribution in [3.8, 4) is 22.4 Å². The zero-order chi connectivity index (χ0) is 13.4. The van der Waals surface area contributed by atoms with Gasteiger partial charge in [-0.25, -0.2) is 19.5 Å². The highest BCUT2D eigenvalue weighted by Crippen LogP contribution is 2.26. The molecule has 0 aliphatic carbocycles. The van der Waals surface area contributed by atoms with Gasteiger partial charge in [-0.2, -0.15) is 16.4 Å². The van der Waals surface area contributed by atoms with Crippen LogP contribution in [0.15, 0.2) is 54.0 Å². The Morgan fingerprint density at radius 2 is 2.05 bits per heavy atom. The molecule has 0 saturated carbocycles. The molecule has 4 rings (SSSR count). The molecular formula is C14H9N5S. The van der Waals surface area contributed by atoms with Crippen LogP contribution in [-0.4, -0.2) is 24.6 Å². The molecule has 0 N–H and O–H groups in total. The first-order valence-electron chi connectivity index (χ1n) is 6.04. The van der Waals surface area contributed by atoms with Crippen LogP contribution in [0, 0.1) is 0 Å². The van der Waals surface area contributed by atoms with E-state index >= 15 is 0 Å². The fourth-order valence-corrected chi connectivity index (χ4v) is 2.75. The van der Waals surface area contributed by atoms with Gasteiger partial charge in [-0.15, -0.1) is 0 Å². The van der Waals surface area contributed by atoms with Crippen LogP contribution in [0.5, 0.6) is 0 Å². The number of thiophene rings is 1. The standard InChI is InChI=1S/C14H9N5S/c1-3-15-9-17-13(1)11-5-16-14-12(6-18-19(14)7-11)10-2-4-20-8-10/h1-9H. The van der Waals surface area contributed by atoms with Gasteiger partial charge in [0.25, 0.3) is 0 Å². The quantitative estimate of drug-likeness (QED) is 0.566. The first-order chi connectivity index (χ1) is 9.92. The molecule has 96 valence electrons. The van der Waals surface area contributed by atoms with Crippen LogP contribution in [0.4, 0.5) is 0 Å². The number of nitrogens with zero attached hydrogens (tertiary/aromatic N) is 5. The third-order valence-corrected chi connectivity index (χ3v) is 3.75. The van der Waals surface area contributed by atoms with Crippen molar-refractivity contribution in [1.29, 1.82) is 0 Å². The van der Waals surface area contributed by atoms with Crippen LogP contribution in [0.25, 0.3) is 28.0 Å². The lowest BCUT2D eigenvalue weighted by atomic mass is 10.2. The minimum Gasteiger partial charge on any atom is -0.245 e. The van der Waals surface area contributed by atoms with Crippen molar-refractivity contribution < 1.29 is 0 Å². The van der Waals surface area contributed by atoms with Crippen LogP contribution in [0.1, 0.15) is 0 Å². The summed E-state index contributed by atoms with van der Waals surface area (Å²) in [5.41, 5.74) is 4.79. The molecule has 0 aliphatic rings. The Morgan fingerprint density at radius 3 is 2.85 bits per heavy atom. The van der Waals surface area contributed by atoms with Crippen molar-refractivity contribution in [2.75, 3.05) is 0 Å². The highest BCUT2D eigenvalue weighted by Gasteiger charge is 2.09. The zero-order valence-electron chi connectivity index (χ0n) is 10.3. The largest absolute Gasteiger partial charge is 0.245 e. The van der Waals surface area contributed by atoms with Crippen molar-refractivity contribution in [1.82, 2.24) is 24.6 Å². The molecule has 0 bridgehead atoms. The minimum atomic E-state index is 0.835. The van der Waals surface area contributed by atoms with Gasteiger partial charge >= 0.3 is 0 Å².